The van der Waals surface area contributed by atoms with Crippen molar-refractivity contribution in [3.05, 3.63) is 46.6 Å². The summed E-state index contributed by atoms with van der Waals surface area (Å²) in [4.78, 5) is 3.95. The normalized spacial score (nSPS) is 11.2. The fourth-order valence-corrected chi connectivity index (χ4v) is 3.14. The molecule has 2 rings (SSSR count). The second-order valence-electron chi connectivity index (χ2n) is 4.11. The standard InChI is InChI=1S/C12H13BrN4O2S/c1-8-2-3-10(13)11(6-8)17-20(18,19)9-4-5-15-12(7-9)16-14/h2-7,17H,14H2,1H3,(H,15,16). The maximum Gasteiger partial charge on any atom is 0.262 e. The van der Waals surface area contributed by atoms with Crippen molar-refractivity contribution in [2.75, 3.05) is 10.1 Å². The molecular weight excluding hydrogens is 344 g/mol. The highest BCUT2D eigenvalue weighted by Gasteiger charge is 2.16. The molecule has 0 fully saturated rings. The number of pyridine rings is 1. The molecule has 0 spiro atoms. The quantitative estimate of drug-likeness (QED) is 0.576. The van der Waals surface area contributed by atoms with Gasteiger partial charge in [0, 0.05) is 16.7 Å². The molecule has 2 aromatic rings. The monoisotopic (exact) mass is 356 g/mol. The number of sulfonamides is 1. The Morgan fingerprint density at radius 3 is 2.70 bits per heavy atom. The highest BCUT2D eigenvalue weighted by Crippen LogP contribution is 2.26. The lowest BCUT2D eigenvalue weighted by atomic mass is 10.2. The van der Waals surface area contributed by atoms with Gasteiger partial charge in [-0.2, -0.15) is 0 Å². The number of halogens is 1. The summed E-state index contributed by atoms with van der Waals surface area (Å²) in [6.07, 6.45) is 1.37. The third-order valence-electron chi connectivity index (χ3n) is 2.56. The predicted octanol–water partition coefficient (Wildman–Crippen LogP) is 2.24. The van der Waals surface area contributed by atoms with Gasteiger partial charge in [0.15, 0.2) is 0 Å². The van der Waals surface area contributed by atoms with E-state index >= 15 is 0 Å². The topological polar surface area (TPSA) is 97.1 Å². The first-order chi connectivity index (χ1) is 9.42. The molecule has 0 amide bonds. The van der Waals surface area contributed by atoms with Crippen LogP contribution < -0.4 is 16.0 Å². The molecule has 1 aromatic carbocycles. The maximum atomic E-state index is 12.3. The van der Waals surface area contributed by atoms with Crippen LogP contribution >= 0.6 is 15.9 Å². The van der Waals surface area contributed by atoms with Gasteiger partial charge in [-0.25, -0.2) is 19.2 Å². The second kappa shape index (κ2) is 5.78. The molecule has 0 saturated carbocycles. The summed E-state index contributed by atoms with van der Waals surface area (Å²) in [7, 11) is -3.70. The zero-order valence-electron chi connectivity index (χ0n) is 10.6. The van der Waals surface area contributed by atoms with Gasteiger partial charge in [-0.3, -0.25) is 4.72 Å². The molecule has 20 heavy (non-hydrogen) atoms. The number of hydrogen-bond acceptors (Lipinski definition) is 5. The summed E-state index contributed by atoms with van der Waals surface area (Å²) in [5.41, 5.74) is 3.74. The first kappa shape index (κ1) is 14.8. The molecule has 106 valence electrons. The van der Waals surface area contributed by atoms with E-state index in [0.29, 0.717) is 10.2 Å². The van der Waals surface area contributed by atoms with Crippen LogP contribution in [0.15, 0.2) is 45.9 Å². The number of nitrogens with two attached hydrogens (primary N) is 1. The minimum absolute atomic E-state index is 0.0776. The molecule has 0 saturated heterocycles. The van der Waals surface area contributed by atoms with E-state index in [9.17, 15) is 8.42 Å². The summed E-state index contributed by atoms with van der Waals surface area (Å²) in [5.74, 6) is 5.50. The van der Waals surface area contributed by atoms with E-state index in [-0.39, 0.29) is 10.7 Å². The van der Waals surface area contributed by atoms with E-state index in [4.69, 9.17) is 5.84 Å². The molecule has 0 bridgehead atoms. The maximum absolute atomic E-state index is 12.3. The summed E-state index contributed by atoms with van der Waals surface area (Å²) < 4.78 is 27.8. The Morgan fingerprint density at radius 2 is 2.00 bits per heavy atom. The number of aromatic nitrogens is 1. The highest BCUT2D eigenvalue weighted by molar-refractivity contribution is 9.10. The summed E-state index contributed by atoms with van der Waals surface area (Å²) in [6.45, 7) is 1.88. The molecular formula is C12H13BrN4O2S. The number of aryl methyl sites for hydroxylation is 1. The van der Waals surface area contributed by atoms with Crippen molar-refractivity contribution in [1.82, 2.24) is 4.98 Å². The van der Waals surface area contributed by atoms with Gasteiger partial charge >= 0.3 is 0 Å². The average Bonchev–Trinajstić information content (AvgIpc) is 2.43. The Morgan fingerprint density at radius 1 is 1.25 bits per heavy atom. The van der Waals surface area contributed by atoms with Gasteiger partial charge in [0.25, 0.3) is 10.0 Å². The van der Waals surface area contributed by atoms with Crippen molar-refractivity contribution in [2.24, 2.45) is 5.84 Å². The lowest BCUT2D eigenvalue weighted by molar-refractivity contribution is 0.601. The molecule has 0 aliphatic heterocycles. The van der Waals surface area contributed by atoms with E-state index in [2.05, 4.69) is 31.1 Å². The van der Waals surface area contributed by atoms with Crippen LogP contribution in [0.2, 0.25) is 0 Å². The molecule has 1 heterocycles. The van der Waals surface area contributed by atoms with E-state index < -0.39 is 10.0 Å². The minimum atomic E-state index is -3.70. The number of hydrogen-bond donors (Lipinski definition) is 3. The van der Waals surface area contributed by atoms with E-state index in [1.807, 2.05) is 13.0 Å². The number of nitrogens with one attached hydrogen (secondary N) is 2. The van der Waals surface area contributed by atoms with Crippen LogP contribution in [-0.2, 0) is 10.0 Å². The van der Waals surface area contributed by atoms with Gasteiger partial charge in [-0.15, -0.1) is 0 Å². The SMILES string of the molecule is Cc1ccc(Br)c(NS(=O)(=O)c2ccnc(NN)c2)c1. The number of nitrogens with zero attached hydrogens (tertiary/aromatic N) is 1. The Labute approximate surface area is 125 Å². The zero-order chi connectivity index (χ0) is 14.8. The van der Waals surface area contributed by atoms with Gasteiger partial charge in [-0.1, -0.05) is 6.07 Å². The smallest absolute Gasteiger partial charge is 0.262 e. The number of benzene rings is 1. The first-order valence-electron chi connectivity index (χ1n) is 5.64. The predicted molar refractivity (Wildman–Crippen MR) is 81.7 cm³/mol. The fourth-order valence-electron chi connectivity index (χ4n) is 1.58. The lowest BCUT2D eigenvalue weighted by Crippen LogP contribution is -2.15. The van der Waals surface area contributed by atoms with E-state index in [0.717, 1.165) is 5.56 Å². The van der Waals surface area contributed by atoms with Gasteiger partial charge in [0.2, 0.25) is 0 Å². The van der Waals surface area contributed by atoms with Crippen molar-refractivity contribution in [2.45, 2.75) is 11.8 Å². The van der Waals surface area contributed by atoms with Gasteiger partial charge < -0.3 is 5.43 Å². The Kier molecular flexibility index (Phi) is 4.26. The molecule has 6 nitrogen and oxygen atoms in total. The van der Waals surface area contributed by atoms with Gasteiger partial charge in [-0.05, 0) is 46.6 Å². The molecule has 1 aromatic heterocycles. The van der Waals surface area contributed by atoms with Crippen LogP contribution in [-0.4, -0.2) is 13.4 Å². The molecule has 0 atom stereocenters. The third-order valence-corrected chi connectivity index (χ3v) is 4.61. The molecule has 0 radical (unpaired) electrons. The second-order valence-corrected chi connectivity index (χ2v) is 6.65. The van der Waals surface area contributed by atoms with Crippen LogP contribution in [0.3, 0.4) is 0 Å². The van der Waals surface area contributed by atoms with Crippen molar-refractivity contribution < 1.29 is 8.42 Å². The van der Waals surface area contributed by atoms with E-state index in [1.54, 1.807) is 12.1 Å². The van der Waals surface area contributed by atoms with Crippen LogP contribution in [0.25, 0.3) is 0 Å². The molecule has 0 unspecified atom stereocenters. The Hall–Kier alpha value is -1.64. The Balaban J connectivity index is 2.38. The van der Waals surface area contributed by atoms with E-state index in [1.165, 1.54) is 18.3 Å². The summed E-state index contributed by atoms with van der Waals surface area (Å²) in [6, 6.07) is 8.15. The largest absolute Gasteiger partial charge is 0.308 e. The first-order valence-corrected chi connectivity index (χ1v) is 7.91. The van der Waals surface area contributed by atoms with Crippen LogP contribution in [0, 0.1) is 6.92 Å². The highest BCUT2D eigenvalue weighted by atomic mass is 79.9. The lowest BCUT2D eigenvalue weighted by Gasteiger charge is -2.11. The molecule has 4 N–H and O–H groups in total. The fraction of sp³-hybridized carbons (Fsp3) is 0.0833. The zero-order valence-corrected chi connectivity index (χ0v) is 13.0. The van der Waals surface area contributed by atoms with Crippen molar-refractivity contribution >= 4 is 37.5 Å². The number of rotatable bonds is 4. The number of anilines is 2. The van der Waals surface area contributed by atoms with Crippen molar-refractivity contribution in [3.63, 3.8) is 0 Å². The summed E-state index contributed by atoms with van der Waals surface area (Å²) in [5, 5.41) is 0. The Bertz CT molecular complexity index is 734. The van der Waals surface area contributed by atoms with Gasteiger partial charge in [0.05, 0.1) is 10.6 Å². The molecule has 8 heteroatoms. The van der Waals surface area contributed by atoms with Crippen molar-refractivity contribution in [3.8, 4) is 0 Å². The van der Waals surface area contributed by atoms with Crippen LogP contribution in [0.4, 0.5) is 11.5 Å². The number of hydrazine groups is 1. The van der Waals surface area contributed by atoms with Crippen LogP contribution in [0.5, 0.6) is 0 Å². The molecule has 0 aliphatic carbocycles. The molecule has 0 aliphatic rings. The van der Waals surface area contributed by atoms with Crippen LogP contribution in [0.1, 0.15) is 5.56 Å². The van der Waals surface area contributed by atoms with Gasteiger partial charge in [0.1, 0.15) is 5.82 Å². The van der Waals surface area contributed by atoms with Crippen molar-refractivity contribution in [1.29, 1.82) is 0 Å². The minimum Gasteiger partial charge on any atom is -0.308 e. The summed E-state index contributed by atoms with van der Waals surface area (Å²) >= 11 is 3.31. The average molecular weight is 357 g/mol. The number of nitrogen functional groups attached to an aromatic ring is 1. The third kappa shape index (κ3) is 3.27.